The van der Waals surface area contributed by atoms with Gasteiger partial charge >= 0.3 is 5.97 Å². The van der Waals surface area contributed by atoms with Gasteiger partial charge in [0.05, 0.1) is 13.0 Å². The number of nitrogens with zero attached hydrogens (tertiary/aromatic N) is 1. The third-order valence-electron chi connectivity index (χ3n) is 4.71. The minimum atomic E-state index is -0.737. The minimum absolute atomic E-state index is 0.0515. The molecule has 2 heterocycles. The number of ether oxygens (including phenoxy) is 2. The lowest BCUT2D eigenvalue weighted by Gasteiger charge is -2.19. The molecule has 0 aromatic heterocycles. The van der Waals surface area contributed by atoms with E-state index in [0.29, 0.717) is 13.0 Å². The lowest BCUT2D eigenvalue weighted by atomic mass is 10.00. The number of likely N-dealkylation sites (N-methyl/N-ethyl adjacent to an activating group) is 1. The molecule has 3 atom stereocenters. The van der Waals surface area contributed by atoms with Gasteiger partial charge in [-0.2, -0.15) is 0 Å². The Hall–Kier alpha value is -1.79. The molecule has 2 N–H and O–H groups in total. The molecule has 126 valence electrons. The summed E-state index contributed by atoms with van der Waals surface area (Å²) in [6.45, 7) is 2.46. The normalized spacial score (nSPS) is 28.0. The molecule has 2 aliphatic rings. The van der Waals surface area contributed by atoms with Gasteiger partial charge in [0, 0.05) is 25.7 Å². The standard InChI is InChI=1S/C17H24N2O4/c1-19-6-5-13(10-19)23-16-8-11(3-4-15(16)22-2)14-7-12(9-18-14)17(20)21/h3-4,8,12-14,18H,5-7,9-10H2,1-2H3,(H,20,21). The number of likely N-dealkylation sites (tertiary alicyclic amines) is 1. The largest absolute Gasteiger partial charge is 0.493 e. The molecule has 1 aromatic rings. The number of methoxy groups -OCH3 is 1. The first-order chi connectivity index (χ1) is 11.1. The molecule has 2 aliphatic heterocycles. The molecule has 0 spiro atoms. The Morgan fingerprint density at radius 3 is 2.83 bits per heavy atom. The van der Waals surface area contributed by atoms with Crippen molar-refractivity contribution < 1.29 is 19.4 Å². The van der Waals surface area contributed by atoms with E-state index in [2.05, 4.69) is 17.3 Å². The molecule has 6 nitrogen and oxygen atoms in total. The van der Waals surface area contributed by atoms with Crippen molar-refractivity contribution in [3.8, 4) is 11.5 Å². The Balaban J connectivity index is 1.75. The summed E-state index contributed by atoms with van der Waals surface area (Å²) >= 11 is 0. The monoisotopic (exact) mass is 320 g/mol. The van der Waals surface area contributed by atoms with Gasteiger partial charge in [-0.3, -0.25) is 4.79 Å². The summed E-state index contributed by atoms with van der Waals surface area (Å²) in [7, 11) is 3.72. The smallest absolute Gasteiger partial charge is 0.307 e. The first-order valence-corrected chi connectivity index (χ1v) is 8.06. The van der Waals surface area contributed by atoms with Crippen molar-refractivity contribution in [3.63, 3.8) is 0 Å². The van der Waals surface area contributed by atoms with E-state index in [9.17, 15) is 4.79 Å². The van der Waals surface area contributed by atoms with E-state index in [1.165, 1.54) is 0 Å². The minimum Gasteiger partial charge on any atom is -0.493 e. The second-order valence-corrected chi connectivity index (χ2v) is 6.43. The van der Waals surface area contributed by atoms with Crippen LogP contribution in [0.25, 0.3) is 0 Å². The molecule has 1 aromatic carbocycles. The van der Waals surface area contributed by atoms with Crippen LogP contribution in [0.1, 0.15) is 24.4 Å². The van der Waals surface area contributed by atoms with Gasteiger partial charge in [0.25, 0.3) is 0 Å². The van der Waals surface area contributed by atoms with Crippen LogP contribution in [0.5, 0.6) is 11.5 Å². The molecule has 6 heteroatoms. The summed E-state index contributed by atoms with van der Waals surface area (Å²) in [6, 6.07) is 5.92. The van der Waals surface area contributed by atoms with Crippen molar-refractivity contribution in [1.82, 2.24) is 10.2 Å². The summed E-state index contributed by atoms with van der Waals surface area (Å²) in [5, 5.41) is 12.4. The van der Waals surface area contributed by atoms with Gasteiger partial charge in [-0.05, 0) is 37.6 Å². The van der Waals surface area contributed by atoms with Crippen molar-refractivity contribution in [2.24, 2.45) is 5.92 Å². The van der Waals surface area contributed by atoms with Gasteiger partial charge in [0.15, 0.2) is 11.5 Å². The number of nitrogens with one attached hydrogen (secondary N) is 1. The van der Waals surface area contributed by atoms with Crippen molar-refractivity contribution >= 4 is 5.97 Å². The van der Waals surface area contributed by atoms with E-state index in [0.717, 1.165) is 36.6 Å². The number of carboxylic acid groups (broad SMARTS) is 1. The van der Waals surface area contributed by atoms with Gasteiger partial charge in [0.1, 0.15) is 6.10 Å². The fourth-order valence-electron chi connectivity index (χ4n) is 3.35. The van der Waals surface area contributed by atoms with E-state index >= 15 is 0 Å². The van der Waals surface area contributed by atoms with E-state index in [-0.39, 0.29) is 18.1 Å². The van der Waals surface area contributed by atoms with E-state index in [1.807, 2.05) is 18.2 Å². The molecule has 0 amide bonds. The molecule has 3 rings (SSSR count). The van der Waals surface area contributed by atoms with Crippen molar-refractivity contribution in [2.45, 2.75) is 25.0 Å². The Bertz CT molecular complexity index is 578. The third kappa shape index (κ3) is 3.59. The predicted molar refractivity (Wildman–Crippen MR) is 86.0 cm³/mol. The molecule has 0 aliphatic carbocycles. The predicted octanol–water partition coefficient (Wildman–Crippen LogP) is 1.51. The molecular formula is C17H24N2O4. The zero-order valence-corrected chi connectivity index (χ0v) is 13.6. The van der Waals surface area contributed by atoms with Crippen LogP contribution in [-0.4, -0.2) is 55.9 Å². The zero-order valence-electron chi connectivity index (χ0n) is 13.6. The zero-order chi connectivity index (χ0) is 16.4. The number of benzene rings is 1. The number of rotatable bonds is 5. The maximum atomic E-state index is 11.1. The van der Waals surface area contributed by atoms with E-state index in [4.69, 9.17) is 14.6 Å². The van der Waals surface area contributed by atoms with Crippen LogP contribution >= 0.6 is 0 Å². The summed E-state index contributed by atoms with van der Waals surface area (Å²) in [5.74, 6) is 0.399. The Kier molecular flexibility index (Phi) is 4.73. The van der Waals surface area contributed by atoms with Gasteiger partial charge in [-0.1, -0.05) is 6.07 Å². The number of carboxylic acids is 1. The molecule has 0 saturated carbocycles. The van der Waals surface area contributed by atoms with Crippen molar-refractivity contribution in [2.75, 3.05) is 33.8 Å². The molecule has 0 bridgehead atoms. The molecule has 23 heavy (non-hydrogen) atoms. The molecule has 2 saturated heterocycles. The Morgan fingerprint density at radius 1 is 1.39 bits per heavy atom. The highest BCUT2D eigenvalue weighted by Crippen LogP contribution is 2.35. The van der Waals surface area contributed by atoms with Crippen molar-refractivity contribution in [3.05, 3.63) is 23.8 Å². The quantitative estimate of drug-likeness (QED) is 0.857. The van der Waals surface area contributed by atoms with Crippen LogP contribution < -0.4 is 14.8 Å². The number of carbonyl (C=O) groups is 1. The van der Waals surface area contributed by atoms with E-state index in [1.54, 1.807) is 7.11 Å². The van der Waals surface area contributed by atoms with Crippen LogP contribution in [-0.2, 0) is 4.79 Å². The van der Waals surface area contributed by atoms with Crippen LogP contribution in [0.4, 0.5) is 0 Å². The second-order valence-electron chi connectivity index (χ2n) is 6.43. The highest BCUT2D eigenvalue weighted by Gasteiger charge is 2.31. The molecule has 0 radical (unpaired) electrons. The summed E-state index contributed by atoms with van der Waals surface area (Å²) in [6.07, 6.45) is 1.78. The number of hydrogen-bond donors (Lipinski definition) is 2. The molecular weight excluding hydrogens is 296 g/mol. The topological polar surface area (TPSA) is 71.0 Å². The first-order valence-electron chi connectivity index (χ1n) is 8.06. The first kappa shape index (κ1) is 16.1. The fraction of sp³-hybridized carbons (Fsp3) is 0.588. The van der Waals surface area contributed by atoms with Crippen LogP contribution in [0.2, 0.25) is 0 Å². The Labute approximate surface area is 136 Å². The van der Waals surface area contributed by atoms with Crippen LogP contribution in [0.3, 0.4) is 0 Å². The van der Waals surface area contributed by atoms with Crippen LogP contribution in [0, 0.1) is 5.92 Å². The lowest BCUT2D eigenvalue weighted by Crippen LogP contribution is -2.22. The lowest BCUT2D eigenvalue weighted by molar-refractivity contribution is -0.141. The van der Waals surface area contributed by atoms with Crippen LogP contribution in [0.15, 0.2) is 18.2 Å². The van der Waals surface area contributed by atoms with E-state index < -0.39 is 5.97 Å². The third-order valence-corrected chi connectivity index (χ3v) is 4.71. The fourth-order valence-corrected chi connectivity index (χ4v) is 3.35. The second kappa shape index (κ2) is 6.76. The average molecular weight is 320 g/mol. The van der Waals surface area contributed by atoms with Crippen molar-refractivity contribution in [1.29, 1.82) is 0 Å². The molecule has 2 fully saturated rings. The number of aliphatic carboxylic acids is 1. The highest BCUT2D eigenvalue weighted by molar-refractivity contribution is 5.70. The summed E-state index contributed by atoms with van der Waals surface area (Å²) in [4.78, 5) is 13.4. The molecule has 3 unspecified atom stereocenters. The van der Waals surface area contributed by atoms with Gasteiger partial charge in [0.2, 0.25) is 0 Å². The Morgan fingerprint density at radius 2 is 2.22 bits per heavy atom. The highest BCUT2D eigenvalue weighted by atomic mass is 16.5. The maximum Gasteiger partial charge on any atom is 0.307 e. The summed E-state index contributed by atoms with van der Waals surface area (Å²) in [5.41, 5.74) is 1.05. The summed E-state index contributed by atoms with van der Waals surface area (Å²) < 4.78 is 11.5. The maximum absolute atomic E-state index is 11.1. The average Bonchev–Trinajstić information content (AvgIpc) is 3.16. The number of hydrogen-bond acceptors (Lipinski definition) is 5. The van der Waals surface area contributed by atoms with Gasteiger partial charge < -0.3 is 24.8 Å². The van der Waals surface area contributed by atoms with Gasteiger partial charge in [-0.25, -0.2) is 0 Å². The SMILES string of the molecule is COc1ccc(C2CC(C(=O)O)CN2)cc1OC1CCN(C)C1. The van der Waals surface area contributed by atoms with Gasteiger partial charge in [-0.15, -0.1) is 0 Å².